The highest BCUT2D eigenvalue weighted by atomic mass is 15.2. The average molecular weight is 264 g/mol. The summed E-state index contributed by atoms with van der Waals surface area (Å²) in [6, 6.07) is 9.98. The van der Waals surface area contributed by atoms with Crippen LogP contribution in [-0.4, -0.2) is 14.0 Å². The Balaban J connectivity index is 2.01. The quantitative estimate of drug-likeness (QED) is 0.394. The van der Waals surface area contributed by atoms with Gasteiger partial charge in [-0.1, -0.05) is 18.2 Å². The van der Waals surface area contributed by atoms with Gasteiger partial charge in [-0.2, -0.15) is 0 Å². The molecule has 0 aliphatic carbocycles. The van der Waals surface area contributed by atoms with Crippen LogP contribution < -0.4 is 4.57 Å². The fourth-order valence-electron chi connectivity index (χ4n) is 3.23. The van der Waals surface area contributed by atoms with Crippen LogP contribution in [0.1, 0.15) is 9.68 Å². The zero-order valence-electron chi connectivity index (χ0n) is 13.6. The van der Waals surface area contributed by atoms with Crippen LogP contribution in [-0.2, 0) is 13.5 Å². The number of fused-ring (bicyclic) bond motifs is 7. The van der Waals surface area contributed by atoms with Crippen molar-refractivity contribution in [2.75, 3.05) is 0 Å². The summed E-state index contributed by atoms with van der Waals surface area (Å²) in [5.74, 6) is 0.747. The van der Waals surface area contributed by atoms with E-state index in [-0.39, 0.29) is 0 Å². The highest BCUT2D eigenvalue weighted by Crippen LogP contribution is 2.33. The number of imidazole rings is 1. The molecule has 4 heterocycles. The van der Waals surface area contributed by atoms with E-state index in [1.54, 1.807) is 12.4 Å². The van der Waals surface area contributed by atoms with Gasteiger partial charge in [0.05, 0.1) is 41.8 Å². The monoisotopic (exact) mass is 264 g/mol. The molecule has 1 aliphatic heterocycles. The zero-order chi connectivity index (χ0) is 15.8. The molecule has 1 aliphatic rings. The van der Waals surface area contributed by atoms with E-state index in [1.165, 1.54) is 4.57 Å². The molecule has 5 rings (SSSR count). The van der Waals surface area contributed by atoms with E-state index in [2.05, 4.69) is 15.6 Å². The maximum absolute atomic E-state index is 8.05. The van der Waals surface area contributed by atoms with E-state index in [9.17, 15) is 0 Å². The van der Waals surface area contributed by atoms with Gasteiger partial charge >= 0.3 is 0 Å². The van der Waals surface area contributed by atoms with E-state index in [1.807, 2.05) is 34.9 Å². The molecule has 4 nitrogen and oxygen atoms in total. The van der Waals surface area contributed by atoms with E-state index in [0.29, 0.717) is 12.2 Å². The number of hydrogen-bond donors (Lipinski definition) is 0. The SMILES string of the molecule is [2H]C([2H])([2H])[n+]1c2n(c3cc4cnccn4c31)Cc1ccccc1-2. The van der Waals surface area contributed by atoms with Crippen molar-refractivity contribution >= 4 is 16.7 Å². The van der Waals surface area contributed by atoms with E-state index in [4.69, 9.17) is 4.11 Å². The molecular weight excluding hydrogens is 248 g/mol. The molecule has 0 atom stereocenters. The summed E-state index contributed by atoms with van der Waals surface area (Å²) >= 11 is 0. The van der Waals surface area contributed by atoms with Crippen molar-refractivity contribution in [3.8, 4) is 11.4 Å². The number of aryl methyl sites for hydroxylation is 1. The second-order valence-electron chi connectivity index (χ2n) is 5.13. The van der Waals surface area contributed by atoms with Gasteiger partial charge in [-0.05, 0) is 11.6 Å². The van der Waals surface area contributed by atoms with E-state index in [0.717, 1.165) is 28.0 Å². The molecule has 96 valence electrons. The third kappa shape index (κ3) is 1.04. The predicted molar refractivity (Wildman–Crippen MR) is 76.4 cm³/mol. The molecule has 4 aromatic rings. The molecule has 0 bridgehead atoms. The first kappa shape index (κ1) is 7.85. The molecule has 0 radical (unpaired) electrons. The van der Waals surface area contributed by atoms with Crippen LogP contribution >= 0.6 is 0 Å². The average Bonchev–Trinajstić information content (AvgIpc) is 3.13. The first-order chi connectivity index (χ1) is 11.1. The van der Waals surface area contributed by atoms with Gasteiger partial charge in [0, 0.05) is 6.07 Å². The first-order valence-electron chi connectivity index (χ1n) is 8.04. The van der Waals surface area contributed by atoms with Crippen molar-refractivity contribution in [2.45, 2.75) is 6.54 Å². The summed E-state index contributed by atoms with van der Waals surface area (Å²) < 4.78 is 29.6. The van der Waals surface area contributed by atoms with Crippen molar-refractivity contribution in [2.24, 2.45) is 6.98 Å². The fraction of sp³-hybridized carbons (Fsp3) is 0.125. The van der Waals surface area contributed by atoms with E-state index >= 15 is 0 Å². The third-order valence-corrected chi connectivity index (χ3v) is 4.09. The van der Waals surface area contributed by atoms with Crippen molar-refractivity contribution < 1.29 is 8.68 Å². The Morgan fingerprint density at radius 2 is 2.30 bits per heavy atom. The molecule has 3 aromatic heterocycles. The van der Waals surface area contributed by atoms with E-state index < -0.39 is 6.98 Å². The number of hydrogen-bond acceptors (Lipinski definition) is 1. The van der Waals surface area contributed by atoms with Crippen LogP contribution in [0.2, 0.25) is 0 Å². The van der Waals surface area contributed by atoms with Crippen LogP contribution in [0.3, 0.4) is 0 Å². The van der Waals surface area contributed by atoms with Crippen molar-refractivity contribution in [3.05, 3.63) is 54.5 Å². The van der Waals surface area contributed by atoms with Gasteiger partial charge < -0.3 is 0 Å². The molecule has 0 amide bonds. The van der Waals surface area contributed by atoms with Crippen LogP contribution in [0.15, 0.2) is 48.9 Å². The molecule has 0 saturated heterocycles. The minimum absolute atomic E-state index is 0.687. The number of nitrogens with zero attached hydrogens (tertiary/aromatic N) is 4. The highest BCUT2D eigenvalue weighted by Gasteiger charge is 2.32. The first-order valence-corrected chi connectivity index (χ1v) is 6.54. The Morgan fingerprint density at radius 3 is 3.25 bits per heavy atom. The zero-order valence-corrected chi connectivity index (χ0v) is 10.6. The topological polar surface area (TPSA) is 26.1 Å². The lowest BCUT2D eigenvalue weighted by molar-refractivity contribution is -0.636. The summed E-state index contributed by atoms with van der Waals surface area (Å²) in [5, 5.41) is 0. The Kier molecular flexibility index (Phi) is 1.29. The summed E-state index contributed by atoms with van der Waals surface area (Å²) in [4.78, 5) is 4.13. The van der Waals surface area contributed by atoms with Gasteiger partial charge in [0.1, 0.15) is 5.52 Å². The van der Waals surface area contributed by atoms with Gasteiger partial charge in [0.25, 0.3) is 5.65 Å². The Labute approximate surface area is 119 Å². The summed E-state index contributed by atoms with van der Waals surface area (Å²) in [6.45, 7) is -1.57. The summed E-state index contributed by atoms with van der Waals surface area (Å²) in [6.07, 6.45) is 5.23. The lowest BCUT2D eigenvalue weighted by atomic mass is 10.1. The van der Waals surface area contributed by atoms with Crippen molar-refractivity contribution in [3.63, 3.8) is 0 Å². The standard InChI is InChI=1S/C16H13N4/c1-18-15-13-5-3-2-4-11(13)10-20(15)14-8-12-9-17-6-7-19(12)16(14)18/h2-9H,10H2,1H3/q+1/i1D3. The van der Waals surface area contributed by atoms with Crippen LogP contribution in [0, 0.1) is 0 Å². The second kappa shape index (κ2) is 3.28. The lowest BCUT2D eigenvalue weighted by Crippen LogP contribution is -2.30. The predicted octanol–water partition coefficient (Wildman–Crippen LogP) is 2.14. The largest absolute Gasteiger partial charge is 0.273 e. The van der Waals surface area contributed by atoms with Gasteiger partial charge in [-0.3, -0.25) is 4.98 Å². The molecule has 0 fully saturated rings. The van der Waals surface area contributed by atoms with Gasteiger partial charge in [0.15, 0.2) is 5.52 Å². The number of benzene rings is 1. The van der Waals surface area contributed by atoms with Crippen molar-refractivity contribution in [1.29, 1.82) is 0 Å². The molecule has 0 N–H and O–H groups in total. The molecular formula is C16H13N4+. The normalized spacial score (nSPS) is 15.9. The highest BCUT2D eigenvalue weighted by molar-refractivity contribution is 5.83. The van der Waals surface area contributed by atoms with Crippen LogP contribution in [0.25, 0.3) is 28.1 Å². The fourth-order valence-corrected chi connectivity index (χ4v) is 3.23. The Morgan fingerprint density at radius 1 is 1.35 bits per heavy atom. The Hall–Kier alpha value is -2.62. The summed E-state index contributed by atoms with van der Waals surface area (Å²) in [5.41, 5.74) is 4.63. The molecule has 0 unspecified atom stereocenters. The van der Waals surface area contributed by atoms with Gasteiger partial charge in [0.2, 0.25) is 5.82 Å². The third-order valence-electron chi connectivity index (χ3n) is 4.09. The maximum Gasteiger partial charge on any atom is 0.273 e. The van der Waals surface area contributed by atoms with Crippen LogP contribution in [0.5, 0.6) is 0 Å². The second-order valence-corrected chi connectivity index (χ2v) is 5.13. The molecule has 0 spiro atoms. The van der Waals surface area contributed by atoms with Crippen molar-refractivity contribution in [1.82, 2.24) is 14.0 Å². The molecule has 1 aromatic carbocycles. The van der Waals surface area contributed by atoms with Gasteiger partial charge in [-0.25, -0.2) is 13.5 Å². The molecule has 4 heteroatoms. The minimum Gasteiger partial charge on any atom is -0.258 e. The lowest BCUT2D eigenvalue weighted by Gasteiger charge is -1.97. The smallest absolute Gasteiger partial charge is 0.258 e. The summed E-state index contributed by atoms with van der Waals surface area (Å²) in [7, 11) is 0. The molecule has 0 saturated carbocycles. The number of rotatable bonds is 0. The molecule has 20 heavy (non-hydrogen) atoms. The minimum atomic E-state index is -2.26. The maximum atomic E-state index is 8.05. The Bertz CT molecular complexity index is 1090. The number of aromatic nitrogens is 4. The van der Waals surface area contributed by atoms with Crippen LogP contribution in [0.4, 0.5) is 0 Å². The van der Waals surface area contributed by atoms with Gasteiger partial charge in [-0.15, -0.1) is 0 Å².